The number of morpholine rings is 1. The first-order valence-electron chi connectivity index (χ1n) is 10.6. The highest BCUT2D eigenvalue weighted by Crippen LogP contribution is 2.30. The number of rotatable bonds is 6. The van der Waals surface area contributed by atoms with E-state index < -0.39 is 0 Å². The van der Waals surface area contributed by atoms with Crippen LogP contribution in [-0.4, -0.2) is 61.8 Å². The van der Waals surface area contributed by atoms with Crippen molar-refractivity contribution < 1.29 is 9.53 Å². The van der Waals surface area contributed by atoms with E-state index in [0.717, 1.165) is 27.2 Å². The molecule has 10 heteroatoms. The predicted molar refractivity (Wildman–Crippen MR) is 128 cm³/mol. The number of carbonyl (C=O) groups excluding carboxylic acids is 1. The zero-order valence-electron chi connectivity index (χ0n) is 18.0. The molecule has 0 spiro atoms. The lowest BCUT2D eigenvalue weighted by Gasteiger charge is -2.25. The molecular formula is C23H22N6O2S2. The molecular weight excluding hydrogens is 456 g/mol. The molecule has 3 aromatic heterocycles. The molecule has 4 heterocycles. The molecule has 5 rings (SSSR count). The van der Waals surface area contributed by atoms with E-state index in [2.05, 4.69) is 51.4 Å². The Hall–Kier alpha value is -3.08. The van der Waals surface area contributed by atoms with E-state index in [1.807, 2.05) is 22.1 Å². The van der Waals surface area contributed by atoms with Crippen LogP contribution in [0.4, 0.5) is 0 Å². The summed E-state index contributed by atoms with van der Waals surface area (Å²) < 4.78 is 7.38. The van der Waals surface area contributed by atoms with Crippen molar-refractivity contribution >= 4 is 29.0 Å². The van der Waals surface area contributed by atoms with Gasteiger partial charge in [0.1, 0.15) is 10.7 Å². The van der Waals surface area contributed by atoms with Gasteiger partial charge in [-0.15, -0.1) is 21.5 Å². The van der Waals surface area contributed by atoms with Crippen molar-refractivity contribution in [2.75, 3.05) is 26.3 Å². The Bertz CT molecular complexity index is 1230. The lowest BCUT2D eigenvalue weighted by atomic mass is 10.2. The lowest BCUT2D eigenvalue weighted by Crippen LogP contribution is -2.40. The molecule has 1 amide bonds. The summed E-state index contributed by atoms with van der Waals surface area (Å²) >= 11 is 3.04. The Morgan fingerprint density at radius 1 is 1.09 bits per heavy atom. The van der Waals surface area contributed by atoms with Gasteiger partial charge in [0.05, 0.1) is 19.0 Å². The molecule has 1 saturated heterocycles. The number of aryl methyl sites for hydroxylation is 1. The first-order chi connectivity index (χ1) is 16.2. The maximum atomic E-state index is 12.7. The number of benzene rings is 1. The van der Waals surface area contributed by atoms with Crippen molar-refractivity contribution in [2.24, 2.45) is 0 Å². The van der Waals surface area contributed by atoms with Gasteiger partial charge < -0.3 is 9.64 Å². The van der Waals surface area contributed by atoms with Gasteiger partial charge in [-0.05, 0) is 31.2 Å². The standard InChI is InChI=1S/C23H22N6O2S2/c1-16-2-4-18(5-3-16)29-21(17-6-8-24-9-7-17)26-27-23(29)33-15-20-25-19(14-32-20)22(30)28-10-12-31-13-11-28/h2-9,14H,10-13,15H2,1H3. The number of carbonyl (C=O) groups is 1. The van der Waals surface area contributed by atoms with Crippen molar-refractivity contribution in [3.8, 4) is 17.1 Å². The molecule has 0 unspecified atom stereocenters. The van der Waals surface area contributed by atoms with E-state index in [1.54, 1.807) is 29.1 Å². The zero-order valence-corrected chi connectivity index (χ0v) is 19.7. The van der Waals surface area contributed by atoms with Gasteiger partial charge in [-0.2, -0.15) is 0 Å². The van der Waals surface area contributed by atoms with Crippen LogP contribution in [0.15, 0.2) is 59.3 Å². The molecule has 4 aromatic rings. The lowest BCUT2D eigenvalue weighted by molar-refractivity contribution is 0.0299. The highest BCUT2D eigenvalue weighted by atomic mass is 32.2. The van der Waals surface area contributed by atoms with Crippen LogP contribution in [0.3, 0.4) is 0 Å². The highest BCUT2D eigenvalue weighted by molar-refractivity contribution is 7.98. The molecule has 0 aliphatic carbocycles. The summed E-state index contributed by atoms with van der Waals surface area (Å²) in [6.45, 7) is 4.43. The number of aromatic nitrogens is 5. The molecule has 1 aliphatic heterocycles. The Balaban J connectivity index is 1.38. The summed E-state index contributed by atoms with van der Waals surface area (Å²) in [5.74, 6) is 1.32. The number of hydrogen-bond acceptors (Lipinski definition) is 8. The number of thioether (sulfide) groups is 1. The van der Waals surface area contributed by atoms with Gasteiger partial charge in [0, 0.05) is 42.1 Å². The van der Waals surface area contributed by atoms with E-state index in [9.17, 15) is 4.79 Å². The molecule has 0 atom stereocenters. The largest absolute Gasteiger partial charge is 0.378 e. The maximum Gasteiger partial charge on any atom is 0.273 e. The van der Waals surface area contributed by atoms with Gasteiger partial charge in [0.2, 0.25) is 0 Å². The van der Waals surface area contributed by atoms with E-state index in [-0.39, 0.29) is 5.91 Å². The molecule has 33 heavy (non-hydrogen) atoms. The third kappa shape index (κ3) is 4.82. The highest BCUT2D eigenvalue weighted by Gasteiger charge is 2.22. The van der Waals surface area contributed by atoms with E-state index >= 15 is 0 Å². The Morgan fingerprint density at radius 3 is 2.61 bits per heavy atom. The van der Waals surface area contributed by atoms with Gasteiger partial charge in [-0.1, -0.05) is 29.5 Å². The Labute approximate surface area is 199 Å². The normalized spacial score (nSPS) is 13.9. The van der Waals surface area contributed by atoms with Crippen LogP contribution in [0, 0.1) is 6.92 Å². The second-order valence-corrected chi connectivity index (χ2v) is 9.42. The quantitative estimate of drug-likeness (QED) is 0.389. The van der Waals surface area contributed by atoms with Crippen LogP contribution in [0.5, 0.6) is 0 Å². The first kappa shape index (κ1) is 21.7. The number of hydrogen-bond donors (Lipinski definition) is 0. The summed E-state index contributed by atoms with van der Waals surface area (Å²) in [7, 11) is 0. The first-order valence-corrected chi connectivity index (χ1v) is 12.4. The van der Waals surface area contributed by atoms with Gasteiger partial charge in [-0.3, -0.25) is 14.3 Å². The summed E-state index contributed by atoms with van der Waals surface area (Å²) in [6.07, 6.45) is 3.50. The van der Waals surface area contributed by atoms with Crippen molar-refractivity contribution in [1.29, 1.82) is 0 Å². The fraction of sp³-hybridized carbons (Fsp3) is 0.261. The van der Waals surface area contributed by atoms with Crippen LogP contribution >= 0.6 is 23.1 Å². The van der Waals surface area contributed by atoms with Crippen LogP contribution in [0.1, 0.15) is 21.1 Å². The maximum absolute atomic E-state index is 12.7. The molecule has 1 aromatic carbocycles. The fourth-order valence-corrected chi connectivity index (χ4v) is 5.25. The SMILES string of the molecule is Cc1ccc(-n2c(SCc3nc(C(=O)N4CCOCC4)cs3)nnc2-c2ccncc2)cc1. The van der Waals surface area contributed by atoms with Gasteiger partial charge in [-0.25, -0.2) is 4.98 Å². The van der Waals surface area contributed by atoms with Crippen molar-refractivity contribution in [3.63, 3.8) is 0 Å². The Kier molecular flexibility index (Phi) is 6.47. The van der Waals surface area contributed by atoms with E-state index in [4.69, 9.17) is 4.74 Å². The fourth-order valence-electron chi connectivity index (χ4n) is 3.51. The van der Waals surface area contributed by atoms with Crippen LogP contribution in [0.2, 0.25) is 0 Å². The predicted octanol–water partition coefficient (Wildman–Crippen LogP) is 3.86. The third-order valence-corrected chi connectivity index (χ3v) is 7.23. The molecule has 0 saturated carbocycles. The minimum Gasteiger partial charge on any atom is -0.378 e. The average Bonchev–Trinajstić information content (AvgIpc) is 3.51. The number of nitrogens with zero attached hydrogens (tertiary/aromatic N) is 6. The molecule has 1 fully saturated rings. The minimum absolute atomic E-state index is 0.0337. The average molecular weight is 479 g/mol. The smallest absolute Gasteiger partial charge is 0.273 e. The van der Waals surface area contributed by atoms with Crippen molar-refractivity contribution in [1.82, 2.24) is 29.6 Å². The molecule has 0 radical (unpaired) electrons. The number of ether oxygens (including phenoxy) is 1. The zero-order chi connectivity index (χ0) is 22.6. The van der Waals surface area contributed by atoms with Crippen LogP contribution < -0.4 is 0 Å². The molecule has 1 aliphatic rings. The van der Waals surface area contributed by atoms with Crippen molar-refractivity contribution in [3.05, 3.63) is 70.4 Å². The van der Waals surface area contributed by atoms with Gasteiger partial charge in [0.25, 0.3) is 5.91 Å². The van der Waals surface area contributed by atoms with Crippen LogP contribution in [0.25, 0.3) is 17.1 Å². The van der Waals surface area contributed by atoms with Gasteiger partial charge >= 0.3 is 0 Å². The molecule has 168 valence electrons. The Morgan fingerprint density at radius 2 is 1.85 bits per heavy atom. The number of pyridine rings is 1. The molecule has 8 nitrogen and oxygen atoms in total. The summed E-state index contributed by atoms with van der Waals surface area (Å²) in [5, 5.41) is 12.4. The van der Waals surface area contributed by atoms with E-state index in [1.165, 1.54) is 16.9 Å². The number of thiazole rings is 1. The monoisotopic (exact) mass is 478 g/mol. The summed E-state index contributed by atoms with van der Waals surface area (Å²) in [4.78, 5) is 23.2. The topological polar surface area (TPSA) is 86.0 Å². The van der Waals surface area contributed by atoms with Crippen molar-refractivity contribution in [2.45, 2.75) is 17.8 Å². The summed E-state index contributed by atoms with van der Waals surface area (Å²) in [6, 6.07) is 12.1. The van der Waals surface area contributed by atoms with Gasteiger partial charge in [0.15, 0.2) is 11.0 Å². The second kappa shape index (κ2) is 9.82. The number of amides is 1. The third-order valence-electron chi connectivity index (χ3n) is 5.26. The van der Waals surface area contributed by atoms with Crippen LogP contribution in [-0.2, 0) is 10.5 Å². The molecule has 0 N–H and O–H groups in total. The molecule has 0 bridgehead atoms. The second-order valence-electron chi connectivity index (χ2n) is 7.53. The minimum atomic E-state index is -0.0337. The summed E-state index contributed by atoms with van der Waals surface area (Å²) in [5.41, 5.74) is 3.61. The van der Waals surface area contributed by atoms with E-state index in [0.29, 0.717) is 37.8 Å².